The van der Waals surface area contributed by atoms with Crippen molar-refractivity contribution in [2.24, 2.45) is 0 Å². The maximum atomic E-state index is 13.3. The van der Waals surface area contributed by atoms with Crippen molar-refractivity contribution in [1.82, 2.24) is 9.80 Å². The number of nitriles is 1. The van der Waals surface area contributed by atoms with Crippen molar-refractivity contribution in [3.05, 3.63) is 35.1 Å². The fourth-order valence-electron chi connectivity index (χ4n) is 2.72. The minimum absolute atomic E-state index is 0.140. The van der Waals surface area contributed by atoms with Gasteiger partial charge >= 0.3 is 0 Å². The molecule has 1 aromatic carbocycles. The molecule has 0 spiro atoms. The van der Waals surface area contributed by atoms with E-state index in [1.54, 1.807) is 12.1 Å². The molecule has 102 valence electrons. The van der Waals surface area contributed by atoms with E-state index in [4.69, 9.17) is 5.26 Å². The smallest absolute Gasteiger partial charge is 0.140 e. The summed E-state index contributed by atoms with van der Waals surface area (Å²) in [5, 5.41) is 8.86. The van der Waals surface area contributed by atoms with Crippen LogP contribution in [0.2, 0.25) is 0 Å². The summed E-state index contributed by atoms with van der Waals surface area (Å²) in [5.41, 5.74) is 1.16. The highest BCUT2D eigenvalue weighted by Gasteiger charge is 2.24. The number of nitrogens with zero attached hydrogens (tertiary/aromatic N) is 3. The molecule has 0 amide bonds. The third kappa shape index (κ3) is 3.52. The summed E-state index contributed by atoms with van der Waals surface area (Å²) in [4.78, 5) is 4.63. The van der Waals surface area contributed by atoms with Gasteiger partial charge in [0, 0.05) is 19.1 Å². The highest BCUT2D eigenvalue weighted by molar-refractivity contribution is 5.34. The minimum atomic E-state index is -0.433. The first kappa shape index (κ1) is 14.0. The van der Waals surface area contributed by atoms with Crippen molar-refractivity contribution in [2.75, 3.05) is 27.2 Å². The quantitative estimate of drug-likeness (QED) is 0.832. The number of rotatable bonds is 4. The molecule has 0 N–H and O–H groups in total. The Bertz CT molecular complexity index is 479. The SMILES string of the molecule is CN(C)CC1CCCN1Cc1ccc(F)c(C#N)c1. The molecule has 0 saturated carbocycles. The Morgan fingerprint density at radius 3 is 2.95 bits per heavy atom. The van der Waals surface area contributed by atoms with E-state index in [1.165, 1.54) is 18.9 Å². The average molecular weight is 261 g/mol. The van der Waals surface area contributed by atoms with Crippen LogP contribution in [0.3, 0.4) is 0 Å². The summed E-state index contributed by atoms with van der Waals surface area (Å²) in [6.45, 7) is 2.93. The zero-order chi connectivity index (χ0) is 13.8. The molecule has 0 bridgehead atoms. The Morgan fingerprint density at radius 1 is 1.47 bits per heavy atom. The van der Waals surface area contributed by atoms with Gasteiger partial charge in [-0.1, -0.05) is 6.07 Å². The molecule has 0 aliphatic carbocycles. The molecule has 1 fully saturated rings. The van der Waals surface area contributed by atoms with Crippen LogP contribution < -0.4 is 0 Å². The molecule has 0 aromatic heterocycles. The highest BCUT2D eigenvalue weighted by atomic mass is 19.1. The van der Waals surface area contributed by atoms with Crippen LogP contribution >= 0.6 is 0 Å². The van der Waals surface area contributed by atoms with E-state index in [1.807, 2.05) is 6.07 Å². The molecule has 1 heterocycles. The number of likely N-dealkylation sites (N-methyl/N-ethyl adjacent to an activating group) is 1. The van der Waals surface area contributed by atoms with Crippen molar-refractivity contribution < 1.29 is 4.39 Å². The zero-order valence-electron chi connectivity index (χ0n) is 11.6. The van der Waals surface area contributed by atoms with E-state index in [9.17, 15) is 4.39 Å². The second-order valence-electron chi connectivity index (χ2n) is 5.45. The lowest BCUT2D eigenvalue weighted by Gasteiger charge is -2.27. The maximum absolute atomic E-state index is 13.3. The van der Waals surface area contributed by atoms with Crippen LogP contribution in [0.4, 0.5) is 4.39 Å². The Labute approximate surface area is 114 Å². The second kappa shape index (κ2) is 6.14. The Morgan fingerprint density at radius 2 is 2.26 bits per heavy atom. The van der Waals surface area contributed by atoms with Gasteiger partial charge in [0.25, 0.3) is 0 Å². The lowest BCUT2D eigenvalue weighted by molar-refractivity contribution is 0.201. The summed E-state index contributed by atoms with van der Waals surface area (Å²) in [5.74, 6) is -0.433. The van der Waals surface area contributed by atoms with Gasteiger partial charge in [-0.05, 0) is 51.2 Å². The van der Waals surface area contributed by atoms with E-state index in [2.05, 4.69) is 23.9 Å². The molecule has 1 aromatic rings. The van der Waals surface area contributed by atoms with Crippen molar-refractivity contribution in [1.29, 1.82) is 5.26 Å². The maximum Gasteiger partial charge on any atom is 0.140 e. The number of likely N-dealkylation sites (tertiary alicyclic amines) is 1. The number of halogens is 1. The predicted octanol–water partition coefficient (Wildman–Crippen LogP) is 2.22. The molecular weight excluding hydrogens is 241 g/mol. The van der Waals surface area contributed by atoms with Gasteiger partial charge in [-0.25, -0.2) is 4.39 Å². The molecular formula is C15H20FN3. The van der Waals surface area contributed by atoms with Gasteiger partial charge in [0.05, 0.1) is 5.56 Å². The molecule has 2 rings (SSSR count). The van der Waals surface area contributed by atoms with E-state index >= 15 is 0 Å². The molecule has 1 saturated heterocycles. The molecule has 0 radical (unpaired) electrons. The lowest BCUT2D eigenvalue weighted by atomic mass is 10.1. The van der Waals surface area contributed by atoms with Crippen LogP contribution in [0, 0.1) is 17.1 Å². The normalized spacial score (nSPS) is 19.8. The largest absolute Gasteiger partial charge is 0.308 e. The number of hydrogen-bond acceptors (Lipinski definition) is 3. The summed E-state index contributed by atoms with van der Waals surface area (Å²) in [6.07, 6.45) is 2.43. The lowest BCUT2D eigenvalue weighted by Crippen LogP contribution is -2.37. The first-order valence-corrected chi connectivity index (χ1v) is 6.67. The van der Waals surface area contributed by atoms with Crippen molar-refractivity contribution in [3.8, 4) is 6.07 Å². The Balaban J connectivity index is 2.06. The van der Waals surface area contributed by atoms with E-state index in [-0.39, 0.29) is 5.56 Å². The van der Waals surface area contributed by atoms with Gasteiger partial charge < -0.3 is 4.90 Å². The molecule has 1 unspecified atom stereocenters. The number of hydrogen-bond donors (Lipinski definition) is 0. The first-order chi connectivity index (χ1) is 9.10. The van der Waals surface area contributed by atoms with Crippen molar-refractivity contribution in [3.63, 3.8) is 0 Å². The molecule has 19 heavy (non-hydrogen) atoms. The summed E-state index contributed by atoms with van der Waals surface area (Å²) < 4.78 is 13.3. The Kier molecular flexibility index (Phi) is 4.52. The van der Waals surface area contributed by atoms with Gasteiger partial charge in [-0.15, -0.1) is 0 Å². The van der Waals surface area contributed by atoms with Gasteiger partial charge in [-0.2, -0.15) is 5.26 Å². The van der Waals surface area contributed by atoms with Crippen molar-refractivity contribution >= 4 is 0 Å². The first-order valence-electron chi connectivity index (χ1n) is 6.67. The van der Waals surface area contributed by atoms with E-state index in [0.29, 0.717) is 6.04 Å². The van der Waals surface area contributed by atoms with E-state index in [0.717, 1.165) is 25.2 Å². The monoisotopic (exact) mass is 261 g/mol. The second-order valence-corrected chi connectivity index (χ2v) is 5.45. The van der Waals surface area contributed by atoms with Crippen LogP contribution in [-0.4, -0.2) is 43.0 Å². The fraction of sp³-hybridized carbons (Fsp3) is 0.533. The summed E-state index contributed by atoms with van der Waals surface area (Å²) in [6, 6.07) is 7.30. The van der Waals surface area contributed by atoms with Crippen LogP contribution in [0.25, 0.3) is 0 Å². The van der Waals surface area contributed by atoms with Gasteiger partial charge in [0.1, 0.15) is 11.9 Å². The standard InChI is InChI=1S/C15H20FN3/c1-18(2)11-14-4-3-7-19(14)10-12-5-6-15(16)13(8-12)9-17/h5-6,8,14H,3-4,7,10-11H2,1-2H3. The van der Waals surface area contributed by atoms with E-state index < -0.39 is 5.82 Å². The van der Waals surface area contributed by atoms with Crippen LogP contribution in [-0.2, 0) is 6.54 Å². The van der Waals surface area contributed by atoms with Crippen LogP contribution in [0.15, 0.2) is 18.2 Å². The third-order valence-electron chi connectivity index (χ3n) is 3.61. The summed E-state index contributed by atoms with van der Waals surface area (Å²) >= 11 is 0. The highest BCUT2D eigenvalue weighted by Crippen LogP contribution is 2.21. The fourth-order valence-corrected chi connectivity index (χ4v) is 2.72. The molecule has 3 nitrogen and oxygen atoms in total. The van der Waals surface area contributed by atoms with Gasteiger partial charge in [0.2, 0.25) is 0 Å². The Hall–Kier alpha value is -1.44. The molecule has 1 aliphatic rings. The third-order valence-corrected chi connectivity index (χ3v) is 3.61. The van der Waals surface area contributed by atoms with Crippen LogP contribution in [0.5, 0.6) is 0 Å². The molecule has 1 aliphatic heterocycles. The van der Waals surface area contributed by atoms with Gasteiger partial charge in [0.15, 0.2) is 0 Å². The summed E-state index contributed by atoms with van der Waals surface area (Å²) in [7, 11) is 4.17. The van der Waals surface area contributed by atoms with Crippen LogP contribution in [0.1, 0.15) is 24.0 Å². The topological polar surface area (TPSA) is 30.3 Å². The average Bonchev–Trinajstić information content (AvgIpc) is 2.78. The zero-order valence-corrected chi connectivity index (χ0v) is 11.6. The van der Waals surface area contributed by atoms with Crippen molar-refractivity contribution in [2.45, 2.75) is 25.4 Å². The predicted molar refractivity (Wildman–Crippen MR) is 73.1 cm³/mol. The molecule has 4 heteroatoms. The molecule has 1 atom stereocenters. The number of benzene rings is 1. The van der Waals surface area contributed by atoms with Gasteiger partial charge in [-0.3, -0.25) is 4.90 Å². The minimum Gasteiger partial charge on any atom is -0.308 e.